The van der Waals surface area contributed by atoms with E-state index in [9.17, 15) is 9.59 Å². The number of carbonyl (C=O) groups excluding carboxylic acids is 1. The number of carbonyl (C=O) groups is 2. The zero-order valence-corrected chi connectivity index (χ0v) is 12.0. The van der Waals surface area contributed by atoms with Gasteiger partial charge in [-0.25, -0.2) is 4.79 Å². The molecule has 0 saturated heterocycles. The van der Waals surface area contributed by atoms with Crippen LogP contribution < -0.4 is 10.6 Å². The van der Waals surface area contributed by atoms with Gasteiger partial charge in [0.05, 0.1) is 5.41 Å². The number of aliphatic carboxylic acids is 1. The largest absolute Gasteiger partial charge is 0.481 e. The summed E-state index contributed by atoms with van der Waals surface area (Å²) in [6.07, 6.45) is 5.32. The molecule has 0 heterocycles. The molecule has 0 aromatic carbocycles. The van der Waals surface area contributed by atoms with Gasteiger partial charge < -0.3 is 15.7 Å². The maximum absolute atomic E-state index is 11.7. The van der Waals surface area contributed by atoms with Crippen LogP contribution in [-0.2, 0) is 4.79 Å². The predicted octanol–water partition coefficient (Wildman–Crippen LogP) is 1.68. The lowest BCUT2D eigenvalue weighted by Crippen LogP contribution is -2.48. The molecule has 18 heavy (non-hydrogen) atoms. The third-order valence-electron chi connectivity index (χ3n) is 3.34. The molecule has 1 rings (SSSR count). The van der Waals surface area contributed by atoms with E-state index in [0.717, 1.165) is 19.3 Å². The van der Waals surface area contributed by atoms with E-state index in [1.807, 2.05) is 0 Å². The molecule has 0 aromatic heterocycles. The van der Waals surface area contributed by atoms with E-state index in [-0.39, 0.29) is 18.6 Å². The fourth-order valence-electron chi connectivity index (χ4n) is 1.97. The van der Waals surface area contributed by atoms with Gasteiger partial charge in [0.1, 0.15) is 0 Å². The second-order valence-corrected chi connectivity index (χ2v) is 6.40. The summed E-state index contributed by atoms with van der Waals surface area (Å²) in [7, 11) is 0. The van der Waals surface area contributed by atoms with Gasteiger partial charge in [-0.3, -0.25) is 4.79 Å². The molecule has 5 nitrogen and oxygen atoms in total. The van der Waals surface area contributed by atoms with Crippen LogP contribution in [0, 0.1) is 5.41 Å². The summed E-state index contributed by atoms with van der Waals surface area (Å²) in [5.74, 6) is -0.911. The van der Waals surface area contributed by atoms with Crippen LogP contribution in [0.3, 0.4) is 0 Å². The van der Waals surface area contributed by atoms with Crippen LogP contribution in [0.15, 0.2) is 0 Å². The zero-order chi connectivity index (χ0) is 13.8. The van der Waals surface area contributed by atoms with E-state index >= 15 is 0 Å². The fourth-order valence-corrected chi connectivity index (χ4v) is 2.90. The van der Waals surface area contributed by atoms with Crippen molar-refractivity contribution in [2.45, 2.75) is 44.4 Å². The second kappa shape index (κ2) is 6.31. The lowest BCUT2D eigenvalue weighted by atomic mass is 9.94. The number of carboxylic acids is 1. The van der Waals surface area contributed by atoms with Crippen molar-refractivity contribution in [2.75, 3.05) is 12.8 Å². The highest BCUT2D eigenvalue weighted by molar-refractivity contribution is 7.99. The summed E-state index contributed by atoms with van der Waals surface area (Å²) in [4.78, 5) is 22.6. The Hall–Kier alpha value is -0.910. The highest BCUT2D eigenvalue weighted by Crippen LogP contribution is 2.28. The normalized spacial score (nSPS) is 23.7. The predicted molar refractivity (Wildman–Crippen MR) is 72.9 cm³/mol. The van der Waals surface area contributed by atoms with Crippen molar-refractivity contribution in [3.8, 4) is 0 Å². The summed E-state index contributed by atoms with van der Waals surface area (Å²) in [6, 6.07) is -0.0665. The first-order valence-corrected chi connectivity index (χ1v) is 7.46. The standard InChI is InChI=1S/C12H22N2O3S/c1-12(2,10(15)16)7-13-11(17)14-8-5-4-6-9(8)18-3/h8-9H,4-7H2,1-3H3,(H,15,16)(H2,13,14,17). The van der Waals surface area contributed by atoms with Gasteiger partial charge in [0, 0.05) is 17.8 Å². The van der Waals surface area contributed by atoms with Gasteiger partial charge in [-0.2, -0.15) is 11.8 Å². The van der Waals surface area contributed by atoms with Gasteiger partial charge in [-0.1, -0.05) is 6.42 Å². The van der Waals surface area contributed by atoms with E-state index in [1.165, 1.54) is 0 Å². The number of carboxylic acid groups (broad SMARTS) is 1. The molecule has 2 unspecified atom stereocenters. The lowest BCUT2D eigenvalue weighted by molar-refractivity contribution is -0.146. The Kier molecular flexibility index (Phi) is 5.31. The molecule has 0 aliphatic heterocycles. The zero-order valence-electron chi connectivity index (χ0n) is 11.2. The monoisotopic (exact) mass is 274 g/mol. The first-order valence-electron chi connectivity index (χ1n) is 6.17. The van der Waals surface area contributed by atoms with E-state index in [2.05, 4.69) is 16.9 Å². The molecule has 6 heteroatoms. The number of urea groups is 1. The average molecular weight is 274 g/mol. The number of thioether (sulfide) groups is 1. The van der Waals surface area contributed by atoms with Crippen molar-refractivity contribution in [3.63, 3.8) is 0 Å². The SMILES string of the molecule is CSC1CCCC1NC(=O)NCC(C)(C)C(=O)O. The Morgan fingerprint density at radius 2 is 2.06 bits per heavy atom. The highest BCUT2D eigenvalue weighted by atomic mass is 32.2. The molecular weight excluding hydrogens is 252 g/mol. The van der Waals surface area contributed by atoms with Crippen LogP contribution in [0.25, 0.3) is 0 Å². The molecule has 1 saturated carbocycles. The van der Waals surface area contributed by atoms with Crippen LogP contribution >= 0.6 is 11.8 Å². The Bertz CT molecular complexity index is 320. The number of rotatable bonds is 5. The van der Waals surface area contributed by atoms with Crippen molar-refractivity contribution < 1.29 is 14.7 Å². The van der Waals surface area contributed by atoms with E-state index in [0.29, 0.717) is 5.25 Å². The van der Waals surface area contributed by atoms with Crippen LogP contribution in [0.4, 0.5) is 4.79 Å². The van der Waals surface area contributed by atoms with Crippen LogP contribution in [0.1, 0.15) is 33.1 Å². The fraction of sp³-hybridized carbons (Fsp3) is 0.833. The number of nitrogens with one attached hydrogen (secondary N) is 2. The summed E-state index contributed by atoms with van der Waals surface area (Å²) >= 11 is 1.77. The maximum Gasteiger partial charge on any atom is 0.315 e. The molecule has 0 bridgehead atoms. The summed E-state index contributed by atoms with van der Waals surface area (Å²) < 4.78 is 0. The van der Waals surface area contributed by atoms with Crippen LogP contribution in [0.5, 0.6) is 0 Å². The summed E-state index contributed by atoms with van der Waals surface area (Å²) in [6.45, 7) is 3.32. The van der Waals surface area contributed by atoms with Crippen molar-refractivity contribution in [2.24, 2.45) is 5.41 Å². The minimum absolute atomic E-state index is 0.130. The number of hydrogen-bond acceptors (Lipinski definition) is 3. The minimum atomic E-state index is -0.939. The molecule has 0 radical (unpaired) electrons. The second-order valence-electron chi connectivity index (χ2n) is 5.33. The number of amides is 2. The minimum Gasteiger partial charge on any atom is -0.481 e. The highest BCUT2D eigenvalue weighted by Gasteiger charge is 2.30. The smallest absolute Gasteiger partial charge is 0.315 e. The lowest BCUT2D eigenvalue weighted by Gasteiger charge is -2.22. The molecule has 2 atom stereocenters. The molecule has 1 fully saturated rings. The van der Waals surface area contributed by atoms with Crippen molar-refractivity contribution in [1.82, 2.24) is 10.6 Å². The summed E-state index contributed by atoms with van der Waals surface area (Å²) in [5, 5.41) is 15.0. The first kappa shape index (κ1) is 15.1. The van der Waals surface area contributed by atoms with E-state index in [4.69, 9.17) is 5.11 Å². The molecule has 0 spiro atoms. The van der Waals surface area contributed by atoms with Gasteiger partial charge in [-0.15, -0.1) is 0 Å². The Morgan fingerprint density at radius 3 is 2.61 bits per heavy atom. The van der Waals surface area contributed by atoms with E-state index in [1.54, 1.807) is 25.6 Å². The number of hydrogen-bond donors (Lipinski definition) is 3. The Labute approximate surface area is 112 Å². The topological polar surface area (TPSA) is 78.4 Å². The van der Waals surface area contributed by atoms with E-state index < -0.39 is 11.4 Å². The third-order valence-corrected chi connectivity index (χ3v) is 4.51. The van der Waals surface area contributed by atoms with Crippen molar-refractivity contribution in [1.29, 1.82) is 0 Å². The van der Waals surface area contributed by atoms with Crippen molar-refractivity contribution in [3.05, 3.63) is 0 Å². The van der Waals surface area contributed by atoms with Gasteiger partial charge in [0.2, 0.25) is 0 Å². The van der Waals surface area contributed by atoms with Gasteiger partial charge >= 0.3 is 12.0 Å². The van der Waals surface area contributed by atoms with Gasteiger partial charge in [0.15, 0.2) is 0 Å². The van der Waals surface area contributed by atoms with Gasteiger partial charge in [-0.05, 0) is 32.9 Å². The molecule has 1 aliphatic rings. The van der Waals surface area contributed by atoms with Crippen LogP contribution in [-0.4, -0.2) is 41.2 Å². The van der Waals surface area contributed by atoms with Gasteiger partial charge in [0.25, 0.3) is 0 Å². The third kappa shape index (κ3) is 4.08. The first-order chi connectivity index (χ1) is 8.36. The van der Waals surface area contributed by atoms with Crippen LogP contribution in [0.2, 0.25) is 0 Å². The molecule has 2 amide bonds. The Balaban J connectivity index is 2.36. The molecule has 3 N–H and O–H groups in total. The molecule has 104 valence electrons. The molecule has 1 aliphatic carbocycles. The summed E-state index contributed by atoms with van der Waals surface area (Å²) in [5.41, 5.74) is -0.939. The van der Waals surface area contributed by atoms with Crippen molar-refractivity contribution >= 4 is 23.8 Å². The molecule has 0 aromatic rings. The Morgan fingerprint density at radius 1 is 1.39 bits per heavy atom. The average Bonchev–Trinajstić information content (AvgIpc) is 2.73. The molecular formula is C12H22N2O3S. The maximum atomic E-state index is 11.7. The quantitative estimate of drug-likeness (QED) is 0.713.